The highest BCUT2D eigenvalue weighted by atomic mass is 32.2. The van der Waals surface area contributed by atoms with Gasteiger partial charge in [0.15, 0.2) is 5.17 Å². The first-order valence-corrected chi connectivity index (χ1v) is 9.73. The van der Waals surface area contributed by atoms with Gasteiger partial charge in [-0.2, -0.15) is 0 Å². The molecule has 0 radical (unpaired) electrons. The van der Waals surface area contributed by atoms with Crippen LogP contribution in [-0.2, 0) is 0 Å². The van der Waals surface area contributed by atoms with E-state index in [0.29, 0.717) is 5.41 Å². The number of thioether (sulfide) groups is 1. The Bertz CT molecular complexity index is 386. The molecule has 2 bridgehead atoms. The van der Waals surface area contributed by atoms with Gasteiger partial charge < -0.3 is 5.32 Å². The van der Waals surface area contributed by atoms with Gasteiger partial charge in [0, 0.05) is 18.8 Å². The Morgan fingerprint density at radius 1 is 1.15 bits per heavy atom. The summed E-state index contributed by atoms with van der Waals surface area (Å²) in [5.41, 5.74) is 0.570. The maximum atomic E-state index is 4.90. The SMILES string of the molecule is C1CCC2(CC1)CN=C(NCC1CC3CCC1C3)SC2. The molecule has 0 amide bonds. The summed E-state index contributed by atoms with van der Waals surface area (Å²) in [5, 5.41) is 4.94. The van der Waals surface area contributed by atoms with Crippen LogP contribution in [0.3, 0.4) is 0 Å². The van der Waals surface area contributed by atoms with E-state index in [4.69, 9.17) is 4.99 Å². The average Bonchev–Trinajstić information content (AvgIpc) is 3.10. The van der Waals surface area contributed by atoms with Gasteiger partial charge in [0.25, 0.3) is 0 Å². The van der Waals surface area contributed by atoms with Crippen molar-refractivity contribution in [2.75, 3.05) is 18.8 Å². The summed E-state index contributed by atoms with van der Waals surface area (Å²) in [7, 11) is 0. The van der Waals surface area contributed by atoms with Crippen LogP contribution in [0.2, 0.25) is 0 Å². The molecule has 4 aliphatic rings. The fourth-order valence-corrected chi connectivity index (χ4v) is 6.27. The van der Waals surface area contributed by atoms with Crippen molar-refractivity contribution in [2.24, 2.45) is 28.2 Å². The molecule has 0 aromatic rings. The lowest BCUT2D eigenvalue weighted by atomic mass is 9.75. The van der Waals surface area contributed by atoms with Crippen LogP contribution in [0.5, 0.6) is 0 Å². The number of hydrogen-bond donors (Lipinski definition) is 1. The Kier molecular flexibility index (Phi) is 3.74. The third-order valence-electron chi connectivity index (χ3n) is 6.39. The minimum Gasteiger partial charge on any atom is -0.365 e. The topological polar surface area (TPSA) is 24.4 Å². The van der Waals surface area contributed by atoms with Gasteiger partial charge in [0.05, 0.1) is 0 Å². The first-order valence-electron chi connectivity index (χ1n) is 8.74. The van der Waals surface area contributed by atoms with Crippen LogP contribution < -0.4 is 5.32 Å². The third kappa shape index (κ3) is 2.63. The lowest BCUT2D eigenvalue weighted by Gasteiger charge is -2.38. The summed E-state index contributed by atoms with van der Waals surface area (Å²) in [4.78, 5) is 4.90. The second kappa shape index (κ2) is 5.55. The number of hydrogen-bond acceptors (Lipinski definition) is 3. The van der Waals surface area contributed by atoms with Crippen LogP contribution in [0.1, 0.15) is 57.8 Å². The van der Waals surface area contributed by atoms with Crippen LogP contribution >= 0.6 is 11.8 Å². The minimum absolute atomic E-state index is 0.570. The quantitative estimate of drug-likeness (QED) is 0.830. The summed E-state index contributed by atoms with van der Waals surface area (Å²) < 4.78 is 0. The van der Waals surface area contributed by atoms with E-state index in [1.807, 2.05) is 11.8 Å². The number of nitrogens with one attached hydrogen (secondary N) is 1. The van der Waals surface area contributed by atoms with E-state index in [-0.39, 0.29) is 0 Å². The molecular weight excluding hydrogens is 264 g/mol. The summed E-state index contributed by atoms with van der Waals surface area (Å²) in [6.45, 7) is 2.29. The number of nitrogens with zero attached hydrogens (tertiary/aromatic N) is 1. The Labute approximate surface area is 127 Å². The largest absolute Gasteiger partial charge is 0.365 e. The Balaban J connectivity index is 1.28. The van der Waals surface area contributed by atoms with Crippen molar-refractivity contribution in [1.82, 2.24) is 5.32 Å². The molecular formula is C17H28N2S. The molecule has 3 unspecified atom stereocenters. The zero-order chi connectivity index (χ0) is 13.4. The first kappa shape index (κ1) is 13.5. The van der Waals surface area contributed by atoms with E-state index in [1.165, 1.54) is 75.3 Å². The van der Waals surface area contributed by atoms with Crippen LogP contribution in [0.25, 0.3) is 0 Å². The van der Waals surface area contributed by atoms with E-state index >= 15 is 0 Å². The van der Waals surface area contributed by atoms with Gasteiger partial charge in [-0.05, 0) is 55.3 Å². The summed E-state index contributed by atoms with van der Waals surface area (Å²) >= 11 is 2.01. The molecule has 1 N–H and O–H groups in total. The standard InChI is InChI=1S/C17H28N2S/c1-2-6-17(7-3-1)11-19-16(20-12-17)18-10-15-9-13-4-5-14(15)8-13/h13-15H,1-12H2,(H,18,19). The molecule has 3 heteroatoms. The average molecular weight is 292 g/mol. The van der Waals surface area contributed by atoms with Crippen molar-refractivity contribution in [3.63, 3.8) is 0 Å². The maximum absolute atomic E-state index is 4.90. The fraction of sp³-hybridized carbons (Fsp3) is 0.941. The van der Waals surface area contributed by atoms with E-state index in [9.17, 15) is 0 Å². The zero-order valence-corrected chi connectivity index (χ0v) is 13.4. The first-order chi connectivity index (χ1) is 9.83. The van der Waals surface area contributed by atoms with Gasteiger partial charge >= 0.3 is 0 Å². The van der Waals surface area contributed by atoms with E-state index in [2.05, 4.69) is 5.32 Å². The summed E-state index contributed by atoms with van der Waals surface area (Å²) in [5.74, 6) is 4.36. The highest BCUT2D eigenvalue weighted by Gasteiger charge is 2.39. The molecule has 3 atom stereocenters. The minimum atomic E-state index is 0.570. The van der Waals surface area contributed by atoms with Crippen molar-refractivity contribution in [3.05, 3.63) is 0 Å². The molecule has 112 valence electrons. The van der Waals surface area contributed by atoms with Crippen LogP contribution in [0, 0.1) is 23.2 Å². The maximum Gasteiger partial charge on any atom is 0.156 e. The molecule has 1 heterocycles. The highest BCUT2D eigenvalue weighted by Crippen LogP contribution is 2.48. The molecule has 2 nitrogen and oxygen atoms in total. The Morgan fingerprint density at radius 3 is 2.70 bits per heavy atom. The predicted molar refractivity (Wildman–Crippen MR) is 87.2 cm³/mol. The fourth-order valence-electron chi connectivity index (χ4n) is 5.11. The number of aliphatic imine (C=N–C) groups is 1. The van der Waals surface area contributed by atoms with Gasteiger partial charge in [0.1, 0.15) is 0 Å². The third-order valence-corrected chi connectivity index (χ3v) is 7.69. The molecule has 0 aromatic carbocycles. The van der Waals surface area contributed by atoms with Gasteiger partial charge in [-0.1, -0.05) is 37.4 Å². The predicted octanol–water partition coefficient (Wildman–Crippen LogP) is 4.07. The van der Waals surface area contributed by atoms with Gasteiger partial charge in [-0.3, -0.25) is 4.99 Å². The normalized spacial score (nSPS) is 39.0. The van der Waals surface area contributed by atoms with Gasteiger partial charge in [0.2, 0.25) is 0 Å². The van der Waals surface area contributed by atoms with Crippen molar-refractivity contribution in [1.29, 1.82) is 0 Å². The van der Waals surface area contributed by atoms with Crippen molar-refractivity contribution in [2.45, 2.75) is 57.8 Å². The van der Waals surface area contributed by atoms with Crippen LogP contribution in [-0.4, -0.2) is 24.0 Å². The molecule has 0 aromatic heterocycles. The lowest BCUT2D eigenvalue weighted by molar-refractivity contribution is 0.232. The molecule has 3 aliphatic carbocycles. The molecule has 4 rings (SSSR count). The van der Waals surface area contributed by atoms with E-state index in [1.54, 1.807) is 0 Å². The van der Waals surface area contributed by atoms with Crippen molar-refractivity contribution < 1.29 is 0 Å². The molecule has 3 saturated carbocycles. The van der Waals surface area contributed by atoms with E-state index < -0.39 is 0 Å². The van der Waals surface area contributed by atoms with Gasteiger partial charge in [-0.25, -0.2) is 0 Å². The monoisotopic (exact) mass is 292 g/mol. The van der Waals surface area contributed by atoms with E-state index in [0.717, 1.165) is 24.3 Å². The molecule has 1 aliphatic heterocycles. The Hall–Kier alpha value is -0.180. The van der Waals surface area contributed by atoms with Crippen LogP contribution in [0.15, 0.2) is 4.99 Å². The second-order valence-corrected chi connectivity index (χ2v) is 8.75. The molecule has 20 heavy (non-hydrogen) atoms. The molecule has 3 fully saturated rings. The van der Waals surface area contributed by atoms with Crippen LogP contribution in [0.4, 0.5) is 0 Å². The van der Waals surface area contributed by atoms with Crippen molar-refractivity contribution >= 4 is 16.9 Å². The summed E-state index contributed by atoms with van der Waals surface area (Å²) in [6.07, 6.45) is 13.2. The Morgan fingerprint density at radius 2 is 2.05 bits per heavy atom. The zero-order valence-electron chi connectivity index (χ0n) is 12.6. The molecule has 1 spiro atoms. The summed E-state index contributed by atoms with van der Waals surface area (Å²) in [6, 6.07) is 0. The second-order valence-electron chi connectivity index (χ2n) is 7.79. The molecule has 0 saturated heterocycles. The highest BCUT2D eigenvalue weighted by molar-refractivity contribution is 8.13. The van der Waals surface area contributed by atoms with Gasteiger partial charge in [-0.15, -0.1) is 0 Å². The number of fused-ring (bicyclic) bond motifs is 2. The smallest absolute Gasteiger partial charge is 0.156 e. The lowest BCUT2D eigenvalue weighted by Crippen LogP contribution is -2.38. The van der Waals surface area contributed by atoms with Crippen molar-refractivity contribution in [3.8, 4) is 0 Å². The number of amidine groups is 1. The number of rotatable bonds is 2.